The van der Waals surface area contributed by atoms with E-state index in [-0.39, 0.29) is 17.4 Å². The number of hydrogen-bond donors (Lipinski definition) is 0. The van der Waals surface area contributed by atoms with Gasteiger partial charge in [-0.05, 0) is 12.6 Å². The fraction of sp³-hybridized carbons (Fsp3) is 0.474. The maximum Gasteiger partial charge on any atom is 0.266 e. The highest BCUT2D eigenvalue weighted by Crippen LogP contribution is 2.31. The molecule has 5 heteroatoms. The number of piperazine rings is 1. The van der Waals surface area contributed by atoms with Crippen molar-refractivity contribution in [3.63, 3.8) is 0 Å². The van der Waals surface area contributed by atoms with Gasteiger partial charge in [0.1, 0.15) is 4.88 Å². The van der Waals surface area contributed by atoms with Gasteiger partial charge in [0.05, 0.1) is 17.2 Å². The Morgan fingerprint density at radius 2 is 1.92 bits per heavy atom. The van der Waals surface area contributed by atoms with Crippen LogP contribution in [0.5, 0.6) is 0 Å². The van der Waals surface area contributed by atoms with Crippen LogP contribution in [0.25, 0.3) is 0 Å². The molecular formula is C19H25N3OS. The molecule has 128 valence electrons. The lowest BCUT2D eigenvalue weighted by Crippen LogP contribution is -2.49. The standard InChI is InChI=1S/C19H25N3OS/c1-19(2,3)18-20-12-16(24-18)17(23)22-11-10-21(4)13-15(22)14-8-6-5-7-9-14/h5-9,12,15H,10-11,13H2,1-4H3/t15-/m1/s1. The molecule has 0 bridgehead atoms. The van der Waals surface area contributed by atoms with Crippen molar-refractivity contribution in [1.82, 2.24) is 14.8 Å². The van der Waals surface area contributed by atoms with Crippen molar-refractivity contribution in [3.8, 4) is 0 Å². The molecule has 3 rings (SSSR count). The molecule has 1 aliphatic rings. The van der Waals surface area contributed by atoms with E-state index in [4.69, 9.17) is 0 Å². The number of likely N-dealkylation sites (N-methyl/N-ethyl adjacent to an activating group) is 1. The molecule has 0 saturated carbocycles. The summed E-state index contributed by atoms with van der Waals surface area (Å²) < 4.78 is 0. The predicted octanol–water partition coefficient (Wildman–Crippen LogP) is 3.57. The molecule has 2 aromatic rings. The summed E-state index contributed by atoms with van der Waals surface area (Å²) in [4.78, 5) is 22.6. The number of thiazole rings is 1. The van der Waals surface area contributed by atoms with Crippen molar-refractivity contribution in [2.45, 2.75) is 32.2 Å². The van der Waals surface area contributed by atoms with Gasteiger partial charge in [-0.3, -0.25) is 4.79 Å². The Kier molecular flexibility index (Phi) is 4.74. The number of nitrogens with zero attached hydrogens (tertiary/aromatic N) is 3. The van der Waals surface area contributed by atoms with E-state index in [2.05, 4.69) is 49.8 Å². The number of rotatable bonds is 2. The summed E-state index contributed by atoms with van der Waals surface area (Å²) in [7, 11) is 2.11. The topological polar surface area (TPSA) is 36.4 Å². The maximum atomic E-state index is 13.1. The second kappa shape index (κ2) is 6.65. The van der Waals surface area contributed by atoms with Crippen LogP contribution in [0, 0.1) is 0 Å². The smallest absolute Gasteiger partial charge is 0.266 e. The molecule has 1 fully saturated rings. The molecule has 1 aliphatic heterocycles. The zero-order valence-corrected chi connectivity index (χ0v) is 15.6. The van der Waals surface area contributed by atoms with Crippen LogP contribution in [0.3, 0.4) is 0 Å². The average molecular weight is 343 g/mol. The van der Waals surface area contributed by atoms with E-state index < -0.39 is 0 Å². The average Bonchev–Trinajstić information content (AvgIpc) is 3.05. The second-order valence-corrected chi connectivity index (χ2v) is 8.50. The van der Waals surface area contributed by atoms with Gasteiger partial charge in [0.25, 0.3) is 5.91 Å². The van der Waals surface area contributed by atoms with E-state index in [0.717, 1.165) is 29.5 Å². The van der Waals surface area contributed by atoms with Crippen LogP contribution in [0.15, 0.2) is 36.5 Å². The van der Waals surface area contributed by atoms with Crippen molar-refractivity contribution in [2.24, 2.45) is 0 Å². The van der Waals surface area contributed by atoms with Crippen LogP contribution in [-0.4, -0.2) is 47.4 Å². The summed E-state index contributed by atoms with van der Waals surface area (Å²) in [5.74, 6) is 0.102. The first kappa shape index (κ1) is 17.1. The minimum absolute atomic E-state index is 0.0237. The lowest BCUT2D eigenvalue weighted by molar-refractivity contribution is 0.0502. The Balaban J connectivity index is 1.88. The summed E-state index contributed by atoms with van der Waals surface area (Å²) in [5.41, 5.74) is 1.17. The van der Waals surface area contributed by atoms with Gasteiger partial charge in [0.15, 0.2) is 0 Å². The minimum Gasteiger partial charge on any atom is -0.328 e. The predicted molar refractivity (Wildman–Crippen MR) is 98.5 cm³/mol. The summed E-state index contributed by atoms with van der Waals surface area (Å²) >= 11 is 1.52. The quantitative estimate of drug-likeness (QED) is 0.836. The number of carbonyl (C=O) groups is 1. The third-order valence-electron chi connectivity index (χ3n) is 4.39. The third kappa shape index (κ3) is 3.52. The molecule has 0 radical (unpaired) electrons. The maximum absolute atomic E-state index is 13.1. The molecular weight excluding hydrogens is 318 g/mol. The van der Waals surface area contributed by atoms with E-state index in [1.165, 1.54) is 16.9 Å². The van der Waals surface area contributed by atoms with Crippen molar-refractivity contribution in [3.05, 3.63) is 52.0 Å². The zero-order valence-electron chi connectivity index (χ0n) is 14.8. The highest BCUT2D eigenvalue weighted by atomic mass is 32.1. The van der Waals surface area contributed by atoms with Crippen molar-refractivity contribution in [1.29, 1.82) is 0 Å². The Hall–Kier alpha value is -1.72. The molecule has 1 amide bonds. The summed E-state index contributed by atoms with van der Waals surface area (Å²) in [6, 6.07) is 10.4. The van der Waals surface area contributed by atoms with E-state index in [9.17, 15) is 4.79 Å². The largest absolute Gasteiger partial charge is 0.328 e. The molecule has 1 saturated heterocycles. The van der Waals surface area contributed by atoms with Gasteiger partial charge in [-0.15, -0.1) is 11.3 Å². The molecule has 1 aromatic heterocycles. The molecule has 1 atom stereocenters. The van der Waals surface area contributed by atoms with Gasteiger partial charge in [-0.2, -0.15) is 0 Å². The van der Waals surface area contributed by atoms with E-state index in [1.54, 1.807) is 6.20 Å². The van der Waals surface area contributed by atoms with Crippen molar-refractivity contribution in [2.75, 3.05) is 26.7 Å². The minimum atomic E-state index is -0.0237. The fourth-order valence-corrected chi connectivity index (χ4v) is 3.91. The summed E-state index contributed by atoms with van der Waals surface area (Å²) in [6.45, 7) is 8.90. The summed E-state index contributed by atoms with van der Waals surface area (Å²) in [5, 5.41) is 1.01. The lowest BCUT2D eigenvalue weighted by atomic mass is 9.98. The van der Waals surface area contributed by atoms with Gasteiger partial charge in [-0.1, -0.05) is 51.1 Å². The van der Waals surface area contributed by atoms with Crippen molar-refractivity contribution >= 4 is 17.2 Å². The van der Waals surface area contributed by atoms with Crippen LogP contribution in [0.1, 0.15) is 47.1 Å². The van der Waals surface area contributed by atoms with Crippen LogP contribution in [-0.2, 0) is 5.41 Å². The van der Waals surface area contributed by atoms with E-state index in [1.807, 2.05) is 23.1 Å². The normalized spacial score (nSPS) is 19.5. The molecule has 0 aliphatic carbocycles. The van der Waals surface area contributed by atoms with Crippen molar-refractivity contribution < 1.29 is 4.79 Å². The fourth-order valence-electron chi connectivity index (χ4n) is 2.98. The molecule has 1 aromatic carbocycles. The molecule has 0 spiro atoms. The highest BCUT2D eigenvalue weighted by Gasteiger charge is 2.32. The zero-order chi connectivity index (χ0) is 17.3. The van der Waals surface area contributed by atoms with Gasteiger partial charge < -0.3 is 9.80 Å². The first-order valence-corrected chi connectivity index (χ1v) is 9.18. The van der Waals surface area contributed by atoms with Gasteiger partial charge in [-0.25, -0.2) is 4.98 Å². The Labute approximate surface area is 148 Å². The SMILES string of the molecule is CN1CCN(C(=O)c2cnc(C(C)(C)C)s2)[C@@H](c2ccccc2)C1. The number of amides is 1. The van der Waals surface area contributed by atoms with Crippen LogP contribution in [0.2, 0.25) is 0 Å². The molecule has 2 heterocycles. The first-order valence-electron chi connectivity index (χ1n) is 8.37. The van der Waals surface area contributed by atoms with Crippen LogP contribution < -0.4 is 0 Å². The Morgan fingerprint density at radius 1 is 1.21 bits per heavy atom. The first-order chi connectivity index (χ1) is 11.4. The Bertz CT molecular complexity index is 705. The Morgan fingerprint density at radius 3 is 2.54 bits per heavy atom. The highest BCUT2D eigenvalue weighted by molar-refractivity contribution is 7.13. The molecule has 0 unspecified atom stereocenters. The van der Waals surface area contributed by atoms with Crippen LogP contribution >= 0.6 is 11.3 Å². The van der Waals surface area contributed by atoms with Gasteiger partial charge >= 0.3 is 0 Å². The van der Waals surface area contributed by atoms with Crippen LogP contribution in [0.4, 0.5) is 0 Å². The van der Waals surface area contributed by atoms with Gasteiger partial charge in [0, 0.05) is 25.0 Å². The number of hydrogen-bond acceptors (Lipinski definition) is 4. The molecule has 24 heavy (non-hydrogen) atoms. The monoisotopic (exact) mass is 343 g/mol. The third-order valence-corrected chi connectivity index (χ3v) is 5.80. The van der Waals surface area contributed by atoms with E-state index in [0.29, 0.717) is 0 Å². The lowest BCUT2D eigenvalue weighted by Gasteiger charge is -2.40. The van der Waals surface area contributed by atoms with Gasteiger partial charge in [0.2, 0.25) is 0 Å². The second-order valence-electron chi connectivity index (χ2n) is 7.47. The number of aromatic nitrogens is 1. The molecule has 0 N–H and O–H groups in total. The number of benzene rings is 1. The summed E-state index contributed by atoms with van der Waals surface area (Å²) in [6.07, 6.45) is 1.74. The van der Waals surface area contributed by atoms with E-state index >= 15 is 0 Å². The molecule has 4 nitrogen and oxygen atoms in total. The number of carbonyl (C=O) groups excluding carboxylic acids is 1.